The van der Waals surface area contributed by atoms with Crippen LogP contribution in [0.4, 0.5) is 5.69 Å². The Bertz CT molecular complexity index is 396. The summed E-state index contributed by atoms with van der Waals surface area (Å²) in [6.07, 6.45) is 3.60. The molecule has 0 radical (unpaired) electrons. The molecule has 0 saturated heterocycles. The third kappa shape index (κ3) is 1.92. The van der Waals surface area contributed by atoms with Crippen molar-refractivity contribution in [1.82, 2.24) is 9.78 Å². The molecule has 0 amide bonds. The van der Waals surface area contributed by atoms with E-state index in [0.29, 0.717) is 11.8 Å². The van der Waals surface area contributed by atoms with Gasteiger partial charge in [0.1, 0.15) is 11.9 Å². The summed E-state index contributed by atoms with van der Waals surface area (Å²) in [5.74, 6) is 0. The molecule has 6 heteroatoms. The third-order valence-corrected chi connectivity index (χ3v) is 2.93. The summed E-state index contributed by atoms with van der Waals surface area (Å²) in [4.78, 5) is 10.3. The van der Waals surface area contributed by atoms with Crippen LogP contribution in [0.25, 0.3) is 0 Å². The molecule has 0 aliphatic heterocycles. The zero-order valence-corrected chi connectivity index (χ0v) is 9.42. The molecule has 0 atom stereocenters. The van der Waals surface area contributed by atoms with Gasteiger partial charge in [-0.3, -0.25) is 14.8 Å². The molecule has 88 valence electrons. The lowest BCUT2D eigenvalue weighted by Crippen LogP contribution is -2.33. The van der Waals surface area contributed by atoms with Crippen LogP contribution in [0, 0.1) is 17.0 Å². The Labute approximate surface area is 93.4 Å². The zero-order valence-electron chi connectivity index (χ0n) is 9.42. The fraction of sp³-hybridized carbons (Fsp3) is 0.700. The highest BCUT2D eigenvalue weighted by molar-refractivity contribution is 5.31. The molecule has 0 N–H and O–H groups in total. The number of nitrogens with zero attached hydrogens (tertiary/aromatic N) is 3. The average molecular weight is 225 g/mol. The Hall–Kier alpha value is -1.43. The van der Waals surface area contributed by atoms with Crippen LogP contribution in [-0.4, -0.2) is 27.4 Å². The molecule has 1 aromatic rings. The normalized spacial score (nSPS) is 24.1. The molecule has 1 heterocycles. The molecule has 6 nitrogen and oxygen atoms in total. The fourth-order valence-corrected chi connectivity index (χ4v) is 1.96. The maximum absolute atomic E-state index is 10.7. The number of ether oxygens (including phenoxy) is 1. The maximum Gasteiger partial charge on any atom is 0.309 e. The molecule has 0 bridgehead atoms. The van der Waals surface area contributed by atoms with E-state index in [1.165, 1.54) is 6.20 Å². The number of hydrogen-bond donors (Lipinski definition) is 0. The van der Waals surface area contributed by atoms with Gasteiger partial charge in [0.05, 0.1) is 17.1 Å². The molecule has 1 fully saturated rings. The van der Waals surface area contributed by atoms with Crippen LogP contribution in [0.1, 0.15) is 31.5 Å². The van der Waals surface area contributed by atoms with Crippen LogP contribution >= 0.6 is 0 Å². The van der Waals surface area contributed by atoms with Gasteiger partial charge >= 0.3 is 5.69 Å². The van der Waals surface area contributed by atoms with Crippen molar-refractivity contribution >= 4 is 5.69 Å². The number of aromatic nitrogens is 2. The Morgan fingerprint density at radius 3 is 2.88 bits per heavy atom. The van der Waals surface area contributed by atoms with E-state index in [1.807, 2.05) is 6.92 Å². The predicted molar refractivity (Wildman–Crippen MR) is 57.3 cm³/mol. The smallest absolute Gasteiger partial charge is 0.309 e. The minimum atomic E-state index is -0.391. The minimum absolute atomic E-state index is 0.0971. The van der Waals surface area contributed by atoms with E-state index in [4.69, 9.17) is 4.74 Å². The lowest BCUT2D eigenvalue weighted by atomic mass is 9.89. The fourth-order valence-electron chi connectivity index (χ4n) is 1.96. The van der Waals surface area contributed by atoms with Gasteiger partial charge in [-0.05, 0) is 26.7 Å². The third-order valence-electron chi connectivity index (χ3n) is 2.93. The molecule has 0 unspecified atom stereocenters. The summed E-state index contributed by atoms with van der Waals surface area (Å²) in [6, 6.07) is 0.254. The first-order valence-electron chi connectivity index (χ1n) is 5.43. The van der Waals surface area contributed by atoms with E-state index >= 15 is 0 Å². The van der Waals surface area contributed by atoms with Crippen LogP contribution in [0.15, 0.2) is 6.20 Å². The van der Waals surface area contributed by atoms with E-state index in [9.17, 15) is 10.1 Å². The Morgan fingerprint density at radius 2 is 2.38 bits per heavy atom. The van der Waals surface area contributed by atoms with Gasteiger partial charge in [0.15, 0.2) is 0 Å². The van der Waals surface area contributed by atoms with Crippen molar-refractivity contribution in [3.63, 3.8) is 0 Å². The topological polar surface area (TPSA) is 70.2 Å². The summed E-state index contributed by atoms with van der Waals surface area (Å²) in [5, 5.41) is 14.8. The molecule has 0 spiro atoms. The van der Waals surface area contributed by atoms with Crippen LogP contribution in [0.3, 0.4) is 0 Å². The second kappa shape index (κ2) is 4.21. The van der Waals surface area contributed by atoms with E-state index in [0.717, 1.165) is 19.4 Å². The van der Waals surface area contributed by atoms with Gasteiger partial charge in [-0.15, -0.1) is 0 Å². The van der Waals surface area contributed by atoms with Crippen molar-refractivity contribution < 1.29 is 9.66 Å². The monoisotopic (exact) mass is 225 g/mol. The summed E-state index contributed by atoms with van der Waals surface area (Å²) in [5.41, 5.74) is 0.574. The lowest BCUT2D eigenvalue weighted by Gasteiger charge is -2.34. The van der Waals surface area contributed by atoms with Crippen LogP contribution in [0.5, 0.6) is 0 Å². The largest absolute Gasteiger partial charge is 0.378 e. The van der Waals surface area contributed by atoms with Gasteiger partial charge in [-0.2, -0.15) is 5.10 Å². The number of rotatable bonds is 4. The highest BCUT2D eigenvalue weighted by atomic mass is 16.6. The van der Waals surface area contributed by atoms with Crippen molar-refractivity contribution in [3.05, 3.63) is 22.0 Å². The van der Waals surface area contributed by atoms with Crippen molar-refractivity contribution in [3.8, 4) is 0 Å². The zero-order chi connectivity index (χ0) is 11.7. The van der Waals surface area contributed by atoms with Crippen molar-refractivity contribution in [2.24, 2.45) is 0 Å². The van der Waals surface area contributed by atoms with Gasteiger partial charge in [0, 0.05) is 6.61 Å². The van der Waals surface area contributed by atoms with Crippen molar-refractivity contribution in [1.29, 1.82) is 0 Å². The molecule has 16 heavy (non-hydrogen) atoms. The number of aryl methyl sites for hydroxylation is 1. The number of nitro groups is 1. The quantitative estimate of drug-likeness (QED) is 0.579. The molecule has 2 rings (SSSR count). The summed E-state index contributed by atoms with van der Waals surface area (Å²) in [6.45, 7) is 4.35. The SMILES string of the molecule is CCO[C@H]1C[C@@H](n2cc([N+](=O)[O-])c(C)n2)C1. The van der Waals surface area contributed by atoms with Gasteiger partial charge < -0.3 is 4.74 Å². The molecule has 1 aliphatic carbocycles. The van der Waals surface area contributed by atoms with Crippen LogP contribution in [-0.2, 0) is 4.74 Å². The van der Waals surface area contributed by atoms with E-state index in [1.54, 1.807) is 11.6 Å². The van der Waals surface area contributed by atoms with Crippen LogP contribution < -0.4 is 0 Å². The maximum atomic E-state index is 10.7. The Kier molecular flexibility index (Phi) is 2.91. The van der Waals surface area contributed by atoms with E-state index in [2.05, 4.69) is 5.10 Å². The molecule has 1 saturated carbocycles. The van der Waals surface area contributed by atoms with Gasteiger partial charge in [-0.1, -0.05) is 0 Å². The predicted octanol–water partition coefficient (Wildman–Crippen LogP) is 1.84. The van der Waals surface area contributed by atoms with Crippen molar-refractivity contribution in [2.75, 3.05) is 6.61 Å². The molecular formula is C10H15N3O3. The second-order valence-corrected chi connectivity index (χ2v) is 4.04. The highest BCUT2D eigenvalue weighted by Gasteiger charge is 2.33. The second-order valence-electron chi connectivity index (χ2n) is 4.04. The standard InChI is InChI=1S/C10H15N3O3/c1-3-16-9-4-8(5-9)12-6-10(13(14)15)7(2)11-12/h6,8-9H,3-5H2,1-2H3/t8-,9+. The molecule has 1 aromatic heterocycles. The molecule has 0 aromatic carbocycles. The summed E-state index contributed by atoms with van der Waals surface area (Å²) < 4.78 is 7.14. The van der Waals surface area contributed by atoms with E-state index < -0.39 is 4.92 Å². The molecule has 1 aliphatic rings. The molecular weight excluding hydrogens is 210 g/mol. The Morgan fingerprint density at radius 1 is 1.69 bits per heavy atom. The minimum Gasteiger partial charge on any atom is -0.378 e. The van der Waals surface area contributed by atoms with Gasteiger partial charge in [0.2, 0.25) is 0 Å². The first-order chi connectivity index (χ1) is 7.61. The number of hydrogen-bond acceptors (Lipinski definition) is 4. The van der Waals surface area contributed by atoms with Gasteiger partial charge in [0.25, 0.3) is 0 Å². The first-order valence-corrected chi connectivity index (χ1v) is 5.43. The lowest BCUT2D eigenvalue weighted by molar-refractivity contribution is -0.385. The van der Waals surface area contributed by atoms with E-state index in [-0.39, 0.29) is 11.7 Å². The average Bonchev–Trinajstić information content (AvgIpc) is 2.53. The van der Waals surface area contributed by atoms with Gasteiger partial charge in [-0.25, -0.2) is 0 Å². The highest BCUT2D eigenvalue weighted by Crippen LogP contribution is 2.35. The summed E-state index contributed by atoms with van der Waals surface area (Å²) in [7, 11) is 0. The first kappa shape index (κ1) is 11.1. The Balaban J connectivity index is 2.02. The van der Waals surface area contributed by atoms with Crippen molar-refractivity contribution in [2.45, 2.75) is 38.8 Å². The summed E-state index contributed by atoms with van der Waals surface area (Å²) >= 11 is 0. The van der Waals surface area contributed by atoms with Crippen LogP contribution in [0.2, 0.25) is 0 Å².